The van der Waals surface area contributed by atoms with Gasteiger partial charge in [-0.2, -0.15) is 5.10 Å². The Morgan fingerprint density at radius 1 is 1.60 bits per heavy atom. The molecule has 4 nitrogen and oxygen atoms in total. The van der Waals surface area contributed by atoms with E-state index in [4.69, 9.17) is 5.73 Å². The van der Waals surface area contributed by atoms with Crippen LogP contribution in [-0.2, 0) is 6.54 Å². The van der Waals surface area contributed by atoms with Crippen molar-refractivity contribution in [2.75, 3.05) is 11.5 Å². The molecule has 6 heteroatoms. The van der Waals surface area contributed by atoms with Gasteiger partial charge in [-0.3, -0.25) is 4.68 Å². The number of nitrogens with zero attached hydrogens (tertiary/aromatic N) is 3. The smallest absolute Gasteiger partial charge is 0.181 e. The maximum atomic E-state index is 5.62. The van der Waals surface area contributed by atoms with Crippen molar-refractivity contribution in [3.05, 3.63) is 24.2 Å². The van der Waals surface area contributed by atoms with Gasteiger partial charge in [0.05, 0.1) is 16.4 Å². The van der Waals surface area contributed by atoms with Crippen molar-refractivity contribution in [1.29, 1.82) is 0 Å². The van der Waals surface area contributed by atoms with Crippen LogP contribution in [0.4, 0.5) is 5.13 Å². The molecule has 0 atom stereocenters. The highest BCUT2D eigenvalue weighted by Gasteiger charge is 2.05. The molecule has 0 bridgehead atoms. The van der Waals surface area contributed by atoms with Crippen LogP contribution in [-0.4, -0.2) is 20.5 Å². The number of thiazole rings is 1. The molecule has 0 saturated heterocycles. The van der Waals surface area contributed by atoms with Crippen molar-refractivity contribution >= 4 is 28.2 Å². The Kier molecular flexibility index (Phi) is 3.27. The second-order valence-corrected chi connectivity index (χ2v) is 5.44. The molecule has 2 rings (SSSR count). The number of hydrogen-bond acceptors (Lipinski definition) is 5. The van der Waals surface area contributed by atoms with E-state index < -0.39 is 0 Å². The molecule has 15 heavy (non-hydrogen) atoms. The van der Waals surface area contributed by atoms with Crippen LogP contribution in [0.15, 0.2) is 22.7 Å². The fraction of sp³-hybridized carbons (Fsp3) is 0.333. The standard InChI is InChI=1S/C9H12N4S2/c1-7-8(15-9(10)12-7)14-6-5-13-4-2-3-11-13/h2-4H,5-6H2,1H3,(H2,10,12). The highest BCUT2D eigenvalue weighted by molar-refractivity contribution is 8.01. The molecule has 80 valence electrons. The quantitative estimate of drug-likeness (QED) is 0.831. The summed E-state index contributed by atoms with van der Waals surface area (Å²) in [6.45, 7) is 2.90. The molecule has 2 heterocycles. The first-order valence-corrected chi connectivity index (χ1v) is 6.39. The topological polar surface area (TPSA) is 56.7 Å². The number of rotatable bonds is 4. The molecular formula is C9H12N4S2. The van der Waals surface area contributed by atoms with E-state index in [1.165, 1.54) is 4.21 Å². The molecule has 0 aliphatic heterocycles. The molecule has 0 amide bonds. The molecule has 2 aromatic heterocycles. The lowest BCUT2D eigenvalue weighted by molar-refractivity contribution is 0.666. The molecule has 2 aromatic rings. The molecule has 0 aliphatic rings. The maximum Gasteiger partial charge on any atom is 0.181 e. The van der Waals surface area contributed by atoms with Gasteiger partial charge in [0.15, 0.2) is 5.13 Å². The van der Waals surface area contributed by atoms with E-state index in [0.717, 1.165) is 18.0 Å². The fourth-order valence-electron chi connectivity index (χ4n) is 1.20. The third-order valence-electron chi connectivity index (χ3n) is 1.88. The van der Waals surface area contributed by atoms with E-state index in [1.807, 2.05) is 23.9 Å². The summed E-state index contributed by atoms with van der Waals surface area (Å²) >= 11 is 3.33. The Hall–Kier alpha value is -1.01. The van der Waals surface area contributed by atoms with Crippen molar-refractivity contribution < 1.29 is 0 Å². The van der Waals surface area contributed by atoms with E-state index in [-0.39, 0.29) is 0 Å². The zero-order chi connectivity index (χ0) is 10.7. The summed E-state index contributed by atoms with van der Waals surface area (Å²) in [4.78, 5) is 4.18. The summed E-state index contributed by atoms with van der Waals surface area (Å²) in [7, 11) is 0. The lowest BCUT2D eigenvalue weighted by Gasteiger charge is -1.99. The molecule has 0 aromatic carbocycles. The van der Waals surface area contributed by atoms with E-state index >= 15 is 0 Å². The van der Waals surface area contributed by atoms with Gasteiger partial charge in [-0.1, -0.05) is 11.3 Å². The third-order valence-corrected chi connectivity index (χ3v) is 4.21. The minimum Gasteiger partial charge on any atom is -0.375 e. The number of anilines is 1. The van der Waals surface area contributed by atoms with Gasteiger partial charge in [0.1, 0.15) is 0 Å². The minimum atomic E-state index is 0.647. The lowest BCUT2D eigenvalue weighted by atomic mass is 10.6. The highest BCUT2D eigenvalue weighted by atomic mass is 32.2. The molecule has 0 unspecified atom stereocenters. The Morgan fingerprint density at radius 2 is 2.47 bits per heavy atom. The van der Waals surface area contributed by atoms with Crippen molar-refractivity contribution in [2.45, 2.75) is 17.7 Å². The Bertz CT molecular complexity index is 421. The second-order valence-electron chi connectivity index (χ2n) is 3.04. The van der Waals surface area contributed by atoms with E-state index in [9.17, 15) is 0 Å². The van der Waals surface area contributed by atoms with Gasteiger partial charge in [-0.05, 0) is 13.0 Å². The Morgan fingerprint density at radius 3 is 3.07 bits per heavy atom. The van der Waals surface area contributed by atoms with Gasteiger partial charge >= 0.3 is 0 Å². The minimum absolute atomic E-state index is 0.647. The summed E-state index contributed by atoms with van der Waals surface area (Å²) < 4.78 is 3.13. The number of hydrogen-bond donors (Lipinski definition) is 1. The van der Waals surface area contributed by atoms with Crippen LogP contribution in [0.25, 0.3) is 0 Å². The third kappa shape index (κ3) is 2.73. The van der Waals surface area contributed by atoms with Crippen LogP contribution in [0.2, 0.25) is 0 Å². The van der Waals surface area contributed by atoms with E-state index in [1.54, 1.807) is 29.3 Å². The number of aromatic nitrogens is 3. The predicted molar refractivity (Wildman–Crippen MR) is 64.2 cm³/mol. The monoisotopic (exact) mass is 240 g/mol. The van der Waals surface area contributed by atoms with Crippen molar-refractivity contribution in [3.63, 3.8) is 0 Å². The first-order valence-electron chi connectivity index (χ1n) is 4.59. The molecule has 0 radical (unpaired) electrons. The summed E-state index contributed by atoms with van der Waals surface area (Å²) in [5, 5.41) is 4.79. The van der Waals surface area contributed by atoms with Crippen LogP contribution < -0.4 is 5.73 Å². The van der Waals surface area contributed by atoms with Gasteiger partial charge < -0.3 is 5.73 Å². The normalized spacial score (nSPS) is 10.7. The number of thioether (sulfide) groups is 1. The van der Waals surface area contributed by atoms with E-state index in [0.29, 0.717) is 5.13 Å². The summed E-state index contributed by atoms with van der Waals surface area (Å²) in [5.74, 6) is 0.990. The summed E-state index contributed by atoms with van der Waals surface area (Å²) in [6.07, 6.45) is 3.76. The summed E-state index contributed by atoms with van der Waals surface area (Å²) in [5.41, 5.74) is 6.65. The molecule has 2 N–H and O–H groups in total. The van der Waals surface area contributed by atoms with Gasteiger partial charge in [-0.25, -0.2) is 4.98 Å². The van der Waals surface area contributed by atoms with Gasteiger partial charge in [0.2, 0.25) is 0 Å². The van der Waals surface area contributed by atoms with E-state index in [2.05, 4.69) is 10.1 Å². The van der Waals surface area contributed by atoms with Gasteiger partial charge in [0, 0.05) is 18.1 Å². The van der Waals surface area contributed by atoms with Crippen LogP contribution in [0.3, 0.4) is 0 Å². The molecular weight excluding hydrogens is 228 g/mol. The number of nitrogens with two attached hydrogens (primary N) is 1. The second kappa shape index (κ2) is 4.67. The van der Waals surface area contributed by atoms with Crippen molar-refractivity contribution in [1.82, 2.24) is 14.8 Å². The molecule has 0 fully saturated rings. The van der Waals surface area contributed by atoms with Crippen LogP contribution >= 0.6 is 23.1 Å². The maximum absolute atomic E-state index is 5.62. The highest BCUT2D eigenvalue weighted by Crippen LogP contribution is 2.30. The number of aryl methyl sites for hydroxylation is 2. The number of nitrogen functional groups attached to an aromatic ring is 1. The van der Waals surface area contributed by atoms with Crippen LogP contribution in [0.5, 0.6) is 0 Å². The molecule has 0 saturated carbocycles. The molecule has 0 aliphatic carbocycles. The zero-order valence-corrected chi connectivity index (χ0v) is 10.0. The first kappa shape index (κ1) is 10.5. The summed E-state index contributed by atoms with van der Waals surface area (Å²) in [6, 6.07) is 1.93. The Balaban J connectivity index is 1.86. The van der Waals surface area contributed by atoms with Crippen LogP contribution in [0, 0.1) is 6.92 Å². The first-order chi connectivity index (χ1) is 7.25. The average Bonchev–Trinajstić information content (AvgIpc) is 2.77. The molecule has 0 spiro atoms. The fourth-order valence-corrected chi connectivity index (χ4v) is 3.23. The van der Waals surface area contributed by atoms with Gasteiger partial charge in [0.25, 0.3) is 0 Å². The zero-order valence-electron chi connectivity index (χ0n) is 8.38. The SMILES string of the molecule is Cc1nc(N)sc1SCCn1cccn1. The Labute approximate surface area is 96.5 Å². The largest absolute Gasteiger partial charge is 0.375 e. The average molecular weight is 240 g/mol. The van der Waals surface area contributed by atoms with Crippen molar-refractivity contribution in [2.24, 2.45) is 0 Å². The van der Waals surface area contributed by atoms with Crippen LogP contribution in [0.1, 0.15) is 5.69 Å². The van der Waals surface area contributed by atoms with Gasteiger partial charge in [-0.15, -0.1) is 11.8 Å². The predicted octanol–water partition coefficient (Wildman–Crippen LogP) is 2.02. The lowest BCUT2D eigenvalue weighted by Crippen LogP contribution is -1.99. The van der Waals surface area contributed by atoms with Crippen molar-refractivity contribution in [3.8, 4) is 0 Å².